The molecule has 124 valence electrons. The molecule has 0 aliphatic heterocycles. The second-order valence-corrected chi connectivity index (χ2v) is 6.80. The summed E-state index contributed by atoms with van der Waals surface area (Å²) < 4.78 is 2.00. The fourth-order valence-corrected chi connectivity index (χ4v) is 3.58. The maximum atomic E-state index is 12.3. The largest absolute Gasteiger partial charge is 0.326 e. The first-order chi connectivity index (χ1) is 12.2. The van der Waals surface area contributed by atoms with Crippen molar-refractivity contribution in [2.24, 2.45) is 0 Å². The van der Waals surface area contributed by atoms with Crippen molar-refractivity contribution in [2.45, 2.75) is 13.3 Å². The number of benzene rings is 2. The average Bonchev–Trinajstić information content (AvgIpc) is 3.18. The molecule has 0 spiro atoms. The van der Waals surface area contributed by atoms with Crippen LogP contribution in [0.5, 0.6) is 0 Å². The van der Waals surface area contributed by atoms with E-state index in [1.165, 1.54) is 5.56 Å². The van der Waals surface area contributed by atoms with Gasteiger partial charge in [0.1, 0.15) is 0 Å². The zero-order valence-electron chi connectivity index (χ0n) is 13.8. The normalized spacial score (nSPS) is 10.9. The van der Waals surface area contributed by atoms with Gasteiger partial charge in [-0.25, -0.2) is 4.98 Å². The molecular formula is C20H17N3OS. The van der Waals surface area contributed by atoms with Crippen molar-refractivity contribution < 1.29 is 4.79 Å². The summed E-state index contributed by atoms with van der Waals surface area (Å²) in [7, 11) is 0. The Kier molecular flexibility index (Phi) is 4.07. The van der Waals surface area contributed by atoms with Gasteiger partial charge in [0.15, 0.2) is 4.96 Å². The van der Waals surface area contributed by atoms with Crippen LogP contribution >= 0.6 is 11.3 Å². The predicted molar refractivity (Wildman–Crippen MR) is 102 cm³/mol. The molecule has 1 N–H and O–H groups in total. The fraction of sp³-hybridized carbons (Fsp3) is 0.100. The van der Waals surface area contributed by atoms with E-state index in [1.54, 1.807) is 11.3 Å². The summed E-state index contributed by atoms with van der Waals surface area (Å²) in [6, 6.07) is 17.8. The summed E-state index contributed by atoms with van der Waals surface area (Å²) in [4.78, 5) is 17.9. The van der Waals surface area contributed by atoms with Crippen LogP contribution in [0.25, 0.3) is 16.2 Å². The van der Waals surface area contributed by atoms with Crippen molar-refractivity contribution in [3.63, 3.8) is 0 Å². The van der Waals surface area contributed by atoms with Crippen LogP contribution in [0.15, 0.2) is 66.2 Å². The van der Waals surface area contributed by atoms with Gasteiger partial charge in [0.25, 0.3) is 0 Å². The van der Waals surface area contributed by atoms with Crippen LogP contribution in [0.3, 0.4) is 0 Å². The highest BCUT2D eigenvalue weighted by atomic mass is 32.1. The Hall–Kier alpha value is -2.92. The highest BCUT2D eigenvalue weighted by Crippen LogP contribution is 2.24. The first kappa shape index (κ1) is 15.6. The van der Waals surface area contributed by atoms with Gasteiger partial charge in [-0.05, 0) is 19.1 Å². The van der Waals surface area contributed by atoms with Crippen molar-refractivity contribution in [1.82, 2.24) is 9.38 Å². The highest BCUT2D eigenvalue weighted by molar-refractivity contribution is 7.15. The van der Waals surface area contributed by atoms with Crippen molar-refractivity contribution in [1.29, 1.82) is 0 Å². The van der Waals surface area contributed by atoms with Crippen molar-refractivity contribution >= 4 is 27.9 Å². The van der Waals surface area contributed by atoms with Crippen LogP contribution in [0.4, 0.5) is 5.69 Å². The number of hydrogen-bond acceptors (Lipinski definition) is 3. The maximum absolute atomic E-state index is 12.3. The van der Waals surface area contributed by atoms with Crippen molar-refractivity contribution in [2.75, 3.05) is 5.32 Å². The standard InChI is InChI=1S/C20H17N3OS/c1-14-7-9-15(10-8-14)18-12-23-17(13-25-20(23)22-18)11-19(24)21-16-5-3-2-4-6-16/h2-10,12-13H,11H2,1H3,(H,21,24). The molecule has 0 bridgehead atoms. The molecular weight excluding hydrogens is 330 g/mol. The lowest BCUT2D eigenvalue weighted by Crippen LogP contribution is -2.15. The third kappa shape index (κ3) is 3.32. The summed E-state index contributed by atoms with van der Waals surface area (Å²) in [5.41, 5.74) is 4.99. The SMILES string of the molecule is Cc1ccc(-c2cn3c(CC(=O)Nc4ccccc4)csc3n2)cc1. The number of nitrogens with one attached hydrogen (secondary N) is 1. The molecule has 5 heteroatoms. The molecule has 0 unspecified atom stereocenters. The van der Waals surface area contributed by atoms with E-state index < -0.39 is 0 Å². The number of para-hydroxylation sites is 1. The zero-order valence-corrected chi connectivity index (χ0v) is 14.6. The van der Waals surface area contributed by atoms with Crippen LogP contribution in [-0.2, 0) is 11.2 Å². The zero-order chi connectivity index (χ0) is 17.2. The Morgan fingerprint density at radius 2 is 1.88 bits per heavy atom. The third-order valence-electron chi connectivity index (χ3n) is 4.03. The molecule has 1 amide bonds. The molecule has 0 radical (unpaired) electrons. The average molecular weight is 347 g/mol. The monoisotopic (exact) mass is 347 g/mol. The number of rotatable bonds is 4. The van der Waals surface area contributed by atoms with Gasteiger partial charge >= 0.3 is 0 Å². The Morgan fingerprint density at radius 1 is 1.12 bits per heavy atom. The summed E-state index contributed by atoms with van der Waals surface area (Å²) in [5, 5.41) is 4.91. The molecule has 4 nitrogen and oxygen atoms in total. The number of nitrogens with zero attached hydrogens (tertiary/aromatic N) is 2. The molecule has 0 aliphatic rings. The first-order valence-electron chi connectivity index (χ1n) is 8.06. The topological polar surface area (TPSA) is 46.4 Å². The van der Waals surface area contributed by atoms with Gasteiger partial charge in [0, 0.05) is 28.5 Å². The first-order valence-corrected chi connectivity index (χ1v) is 8.94. The maximum Gasteiger partial charge on any atom is 0.230 e. The van der Waals surface area contributed by atoms with Crippen molar-refractivity contribution in [3.05, 3.63) is 77.4 Å². The minimum atomic E-state index is -0.0310. The van der Waals surface area contributed by atoms with E-state index in [1.807, 2.05) is 46.3 Å². The number of aromatic nitrogens is 2. The number of fused-ring (bicyclic) bond motifs is 1. The van der Waals surface area contributed by atoms with E-state index in [0.717, 1.165) is 27.6 Å². The highest BCUT2D eigenvalue weighted by Gasteiger charge is 2.12. The quantitative estimate of drug-likeness (QED) is 0.588. The van der Waals surface area contributed by atoms with E-state index in [4.69, 9.17) is 0 Å². The van der Waals surface area contributed by atoms with Crippen molar-refractivity contribution in [3.8, 4) is 11.3 Å². The number of carbonyl (C=O) groups is 1. The van der Waals surface area contributed by atoms with Gasteiger partial charge in [-0.3, -0.25) is 9.20 Å². The summed E-state index contributed by atoms with van der Waals surface area (Å²) in [6.07, 6.45) is 2.32. The van der Waals surface area contributed by atoms with Crippen LogP contribution in [0.2, 0.25) is 0 Å². The Balaban J connectivity index is 1.56. The lowest BCUT2D eigenvalue weighted by molar-refractivity contribution is -0.115. The summed E-state index contributed by atoms with van der Waals surface area (Å²) >= 11 is 1.55. The minimum absolute atomic E-state index is 0.0310. The Labute approximate surface area is 149 Å². The number of imidazole rings is 1. The number of carbonyl (C=O) groups excluding carboxylic acids is 1. The smallest absolute Gasteiger partial charge is 0.230 e. The third-order valence-corrected chi connectivity index (χ3v) is 4.92. The molecule has 2 aromatic heterocycles. The number of anilines is 1. The van der Waals surface area contributed by atoms with E-state index in [2.05, 4.69) is 41.5 Å². The van der Waals surface area contributed by atoms with Gasteiger partial charge in [-0.15, -0.1) is 11.3 Å². The molecule has 25 heavy (non-hydrogen) atoms. The molecule has 0 atom stereocenters. The van der Waals surface area contributed by atoms with Gasteiger partial charge < -0.3 is 5.32 Å². The second-order valence-electron chi connectivity index (χ2n) is 5.96. The van der Waals surface area contributed by atoms with Crippen LogP contribution < -0.4 is 5.32 Å². The van der Waals surface area contributed by atoms with Gasteiger partial charge in [-0.2, -0.15) is 0 Å². The molecule has 2 heterocycles. The van der Waals surface area contributed by atoms with E-state index in [-0.39, 0.29) is 5.91 Å². The van der Waals surface area contributed by atoms with E-state index in [0.29, 0.717) is 6.42 Å². The Morgan fingerprint density at radius 3 is 2.64 bits per heavy atom. The summed E-state index contributed by atoms with van der Waals surface area (Å²) in [5.74, 6) is -0.0310. The number of thiazole rings is 1. The second kappa shape index (κ2) is 6.53. The minimum Gasteiger partial charge on any atom is -0.326 e. The number of aryl methyl sites for hydroxylation is 1. The lowest BCUT2D eigenvalue weighted by atomic mass is 10.1. The van der Waals surface area contributed by atoms with Crippen LogP contribution in [0, 0.1) is 6.92 Å². The molecule has 4 aromatic rings. The molecule has 0 fully saturated rings. The number of hydrogen-bond donors (Lipinski definition) is 1. The van der Waals surface area contributed by atoms with Gasteiger partial charge in [-0.1, -0.05) is 48.0 Å². The molecule has 0 aliphatic carbocycles. The van der Waals surface area contributed by atoms with Gasteiger partial charge in [0.2, 0.25) is 5.91 Å². The fourth-order valence-electron chi connectivity index (χ4n) is 2.71. The molecule has 0 saturated carbocycles. The van der Waals surface area contributed by atoms with Gasteiger partial charge in [0.05, 0.1) is 12.1 Å². The molecule has 4 rings (SSSR count). The molecule has 2 aromatic carbocycles. The van der Waals surface area contributed by atoms with E-state index in [9.17, 15) is 4.79 Å². The lowest BCUT2D eigenvalue weighted by Gasteiger charge is -2.04. The molecule has 0 saturated heterocycles. The Bertz CT molecular complexity index is 1020. The van der Waals surface area contributed by atoms with Crippen LogP contribution in [-0.4, -0.2) is 15.3 Å². The van der Waals surface area contributed by atoms with E-state index >= 15 is 0 Å². The van der Waals surface area contributed by atoms with Crippen LogP contribution in [0.1, 0.15) is 11.3 Å². The number of amides is 1. The predicted octanol–water partition coefficient (Wildman–Crippen LogP) is 4.55. The summed E-state index contributed by atoms with van der Waals surface area (Å²) in [6.45, 7) is 2.07.